The monoisotopic (exact) mass is 456 g/mol. The number of nitrogens with zero attached hydrogens (tertiary/aromatic N) is 2. The number of nitrogens with one attached hydrogen (secondary N) is 2. The van der Waals surface area contributed by atoms with E-state index in [0.29, 0.717) is 17.9 Å². The number of hydrogen-bond donors (Lipinski definition) is 2. The summed E-state index contributed by atoms with van der Waals surface area (Å²) in [6.07, 6.45) is 1.98. The summed E-state index contributed by atoms with van der Waals surface area (Å²) < 4.78 is 10.6. The molecule has 0 saturated carbocycles. The van der Waals surface area contributed by atoms with Crippen LogP contribution in [0.3, 0.4) is 0 Å². The zero-order valence-electron chi connectivity index (χ0n) is 18.6. The third-order valence-electron chi connectivity index (χ3n) is 5.17. The van der Waals surface area contributed by atoms with Crippen LogP contribution in [0.4, 0.5) is 0 Å². The van der Waals surface area contributed by atoms with E-state index in [-0.39, 0.29) is 18.1 Å². The highest BCUT2D eigenvalue weighted by molar-refractivity contribution is 5.96. The Kier molecular flexibility index (Phi) is 7.29. The smallest absolute Gasteiger partial charge is 0.274 e. The van der Waals surface area contributed by atoms with Crippen molar-refractivity contribution in [1.82, 2.24) is 20.8 Å². The summed E-state index contributed by atoms with van der Waals surface area (Å²) in [6.45, 7) is 0.255. The molecule has 0 aliphatic rings. The van der Waals surface area contributed by atoms with E-state index in [0.717, 1.165) is 16.8 Å². The number of methoxy groups -OCH3 is 1. The molecule has 2 amide bonds. The molecule has 34 heavy (non-hydrogen) atoms. The fourth-order valence-corrected chi connectivity index (χ4v) is 3.39. The molecule has 8 heteroatoms. The second-order valence-electron chi connectivity index (χ2n) is 7.56. The molecule has 0 fully saturated rings. The lowest BCUT2D eigenvalue weighted by Crippen LogP contribution is -2.48. The largest absolute Gasteiger partial charge is 0.497 e. The molecule has 8 nitrogen and oxygen atoms in total. The second kappa shape index (κ2) is 10.9. The van der Waals surface area contributed by atoms with Crippen molar-refractivity contribution in [3.8, 4) is 17.1 Å². The molecule has 2 aromatic carbocycles. The third-order valence-corrected chi connectivity index (χ3v) is 5.17. The van der Waals surface area contributed by atoms with Gasteiger partial charge in [-0.05, 0) is 29.8 Å². The lowest BCUT2D eigenvalue weighted by Gasteiger charge is -2.18. The van der Waals surface area contributed by atoms with Crippen LogP contribution in [0.15, 0.2) is 89.6 Å². The Labute approximate surface area is 197 Å². The van der Waals surface area contributed by atoms with Crippen molar-refractivity contribution in [2.24, 2.45) is 0 Å². The van der Waals surface area contributed by atoms with Gasteiger partial charge in [-0.2, -0.15) is 0 Å². The molecular weight excluding hydrogens is 432 g/mol. The Hall–Kier alpha value is -4.46. The summed E-state index contributed by atoms with van der Waals surface area (Å²) >= 11 is 0. The van der Waals surface area contributed by atoms with Crippen LogP contribution < -0.4 is 15.4 Å². The fourth-order valence-electron chi connectivity index (χ4n) is 3.39. The number of pyridine rings is 1. The van der Waals surface area contributed by atoms with Gasteiger partial charge in [0.25, 0.3) is 5.91 Å². The number of carbonyl (C=O) groups is 2. The van der Waals surface area contributed by atoms with Crippen molar-refractivity contribution in [2.75, 3.05) is 7.11 Å². The topological polar surface area (TPSA) is 106 Å². The molecule has 172 valence electrons. The summed E-state index contributed by atoms with van der Waals surface area (Å²) in [5, 5.41) is 9.52. The molecule has 0 bridgehead atoms. The molecule has 0 aliphatic heterocycles. The molecule has 0 aliphatic carbocycles. The third kappa shape index (κ3) is 5.86. The van der Waals surface area contributed by atoms with Gasteiger partial charge in [0.2, 0.25) is 5.91 Å². The number of hydrogen-bond acceptors (Lipinski definition) is 6. The van der Waals surface area contributed by atoms with Crippen LogP contribution >= 0.6 is 0 Å². The van der Waals surface area contributed by atoms with Crippen LogP contribution in [0.25, 0.3) is 11.3 Å². The van der Waals surface area contributed by atoms with Crippen molar-refractivity contribution in [3.05, 3.63) is 102 Å². The van der Waals surface area contributed by atoms with E-state index in [1.54, 1.807) is 25.4 Å². The van der Waals surface area contributed by atoms with E-state index < -0.39 is 11.9 Å². The number of carbonyl (C=O) groups excluding carboxylic acids is 2. The highest BCUT2D eigenvalue weighted by Crippen LogP contribution is 2.24. The zero-order chi connectivity index (χ0) is 23.8. The first-order chi connectivity index (χ1) is 16.6. The predicted molar refractivity (Wildman–Crippen MR) is 126 cm³/mol. The predicted octanol–water partition coefficient (Wildman–Crippen LogP) is 3.40. The van der Waals surface area contributed by atoms with Crippen LogP contribution in [0.5, 0.6) is 5.75 Å². The summed E-state index contributed by atoms with van der Waals surface area (Å²) in [5.74, 6) is 0.252. The van der Waals surface area contributed by atoms with Crippen molar-refractivity contribution >= 4 is 11.8 Å². The minimum absolute atomic E-state index is 0.0772. The maximum Gasteiger partial charge on any atom is 0.274 e. The number of amides is 2. The van der Waals surface area contributed by atoms with Gasteiger partial charge in [0.1, 0.15) is 11.8 Å². The number of benzene rings is 2. The summed E-state index contributed by atoms with van der Waals surface area (Å²) in [6, 6.07) is 22.9. The van der Waals surface area contributed by atoms with E-state index in [1.807, 2.05) is 60.7 Å². The zero-order valence-corrected chi connectivity index (χ0v) is 18.6. The van der Waals surface area contributed by atoms with E-state index in [1.165, 1.54) is 6.07 Å². The fraction of sp³-hybridized carbons (Fsp3) is 0.154. The van der Waals surface area contributed by atoms with Crippen LogP contribution in [0.2, 0.25) is 0 Å². The highest BCUT2D eigenvalue weighted by atomic mass is 16.5. The summed E-state index contributed by atoms with van der Waals surface area (Å²) in [7, 11) is 1.57. The van der Waals surface area contributed by atoms with Crippen LogP contribution in [-0.4, -0.2) is 35.1 Å². The van der Waals surface area contributed by atoms with E-state index >= 15 is 0 Å². The molecule has 1 atom stereocenters. The van der Waals surface area contributed by atoms with Crippen LogP contribution in [0, 0.1) is 0 Å². The maximum absolute atomic E-state index is 13.0. The Morgan fingerprint density at radius 3 is 2.59 bits per heavy atom. The number of rotatable bonds is 9. The minimum atomic E-state index is -0.810. The molecule has 4 aromatic rings. The molecule has 0 saturated heterocycles. The quantitative estimate of drug-likeness (QED) is 0.400. The van der Waals surface area contributed by atoms with Crippen molar-refractivity contribution < 1.29 is 18.8 Å². The average Bonchev–Trinajstić information content (AvgIpc) is 3.39. The SMILES string of the molecule is COc1cccc(-c2cc(C(=O)N[C@H](Cc3ccccc3)C(=O)NCc3ccccn3)no2)c1. The Bertz CT molecular complexity index is 1240. The normalized spacial score (nSPS) is 11.4. The molecule has 2 heterocycles. The van der Waals surface area contributed by atoms with E-state index in [9.17, 15) is 9.59 Å². The summed E-state index contributed by atoms with van der Waals surface area (Å²) in [4.78, 5) is 30.1. The molecule has 0 spiro atoms. The van der Waals surface area contributed by atoms with Gasteiger partial charge >= 0.3 is 0 Å². The number of ether oxygens (including phenoxy) is 1. The average molecular weight is 457 g/mol. The van der Waals surface area contributed by atoms with Gasteiger partial charge < -0.3 is 19.9 Å². The van der Waals surface area contributed by atoms with Gasteiger partial charge in [-0.15, -0.1) is 0 Å². The van der Waals surface area contributed by atoms with E-state index in [4.69, 9.17) is 9.26 Å². The van der Waals surface area contributed by atoms with Crippen LogP contribution in [-0.2, 0) is 17.8 Å². The van der Waals surface area contributed by atoms with Gasteiger partial charge in [-0.25, -0.2) is 0 Å². The van der Waals surface area contributed by atoms with Crippen molar-refractivity contribution in [1.29, 1.82) is 0 Å². The Morgan fingerprint density at radius 2 is 1.82 bits per heavy atom. The number of aromatic nitrogens is 2. The first-order valence-electron chi connectivity index (χ1n) is 10.8. The summed E-state index contributed by atoms with van der Waals surface area (Å²) in [5.41, 5.74) is 2.44. The molecule has 0 radical (unpaired) electrons. The lowest BCUT2D eigenvalue weighted by atomic mass is 10.0. The lowest BCUT2D eigenvalue weighted by molar-refractivity contribution is -0.123. The minimum Gasteiger partial charge on any atom is -0.497 e. The van der Waals surface area contributed by atoms with Crippen molar-refractivity contribution in [3.63, 3.8) is 0 Å². The molecule has 2 aromatic heterocycles. The first kappa shape index (κ1) is 22.7. The van der Waals surface area contributed by atoms with Gasteiger partial charge in [-0.1, -0.05) is 53.7 Å². The van der Waals surface area contributed by atoms with Crippen molar-refractivity contribution in [2.45, 2.75) is 19.0 Å². The maximum atomic E-state index is 13.0. The Balaban J connectivity index is 1.48. The van der Waals surface area contributed by atoms with Gasteiger partial charge in [-0.3, -0.25) is 14.6 Å². The molecule has 2 N–H and O–H groups in total. The molecule has 4 rings (SSSR count). The van der Waals surface area contributed by atoms with Gasteiger partial charge in [0.05, 0.1) is 19.3 Å². The molecular formula is C26H24N4O4. The second-order valence-corrected chi connectivity index (χ2v) is 7.56. The van der Waals surface area contributed by atoms with Gasteiger partial charge in [0, 0.05) is 24.2 Å². The van der Waals surface area contributed by atoms with Gasteiger partial charge in [0.15, 0.2) is 11.5 Å². The standard InChI is InChI=1S/C26H24N4O4/c1-33-21-12-7-10-19(15-21)24-16-23(30-34-24)26(32)29-22(14-18-8-3-2-4-9-18)25(31)28-17-20-11-5-6-13-27-20/h2-13,15-16,22H,14,17H2,1H3,(H,28,31)(H,29,32)/t22-/m1/s1. The van der Waals surface area contributed by atoms with Crippen LogP contribution in [0.1, 0.15) is 21.7 Å². The first-order valence-corrected chi connectivity index (χ1v) is 10.8. The highest BCUT2D eigenvalue weighted by Gasteiger charge is 2.24. The Morgan fingerprint density at radius 1 is 1.00 bits per heavy atom. The van der Waals surface area contributed by atoms with E-state index in [2.05, 4.69) is 20.8 Å². The molecule has 0 unspecified atom stereocenters.